The Kier molecular flexibility index (Phi) is 6.42. The van der Waals surface area contributed by atoms with E-state index in [0.717, 1.165) is 16.0 Å². The summed E-state index contributed by atoms with van der Waals surface area (Å²) in [5.41, 5.74) is 2.17. The highest BCUT2D eigenvalue weighted by molar-refractivity contribution is 7.16. The summed E-state index contributed by atoms with van der Waals surface area (Å²) in [5, 5.41) is 10.4. The maximum absolute atomic E-state index is 12.8. The van der Waals surface area contributed by atoms with Crippen LogP contribution in [0, 0.1) is 11.3 Å². The van der Waals surface area contributed by atoms with Crippen LogP contribution >= 0.6 is 11.3 Å². The molecule has 0 bridgehead atoms. The third-order valence-corrected chi connectivity index (χ3v) is 6.33. The lowest BCUT2D eigenvalue weighted by Gasteiger charge is -2.26. The summed E-state index contributed by atoms with van der Waals surface area (Å²) in [7, 11) is 0. The second kappa shape index (κ2) is 9.58. The number of carbonyl (C=O) groups excluding carboxylic acids is 2. The fraction of sp³-hybridized carbons (Fsp3) is 0.261. The Labute approximate surface area is 189 Å². The molecule has 162 valence electrons. The summed E-state index contributed by atoms with van der Waals surface area (Å²) in [6.07, 6.45) is 5.31. The average molecular weight is 448 g/mol. The predicted molar refractivity (Wildman–Crippen MR) is 119 cm³/mol. The van der Waals surface area contributed by atoms with Crippen molar-refractivity contribution in [2.24, 2.45) is 0 Å². The molecule has 0 saturated carbocycles. The van der Waals surface area contributed by atoms with Gasteiger partial charge < -0.3 is 9.64 Å². The molecule has 0 aliphatic carbocycles. The van der Waals surface area contributed by atoms with Gasteiger partial charge in [-0.1, -0.05) is 19.1 Å². The summed E-state index contributed by atoms with van der Waals surface area (Å²) in [6, 6.07) is 11.2. The molecule has 0 atom stereocenters. The Bertz CT molecular complexity index is 1160. The molecule has 0 radical (unpaired) electrons. The highest BCUT2D eigenvalue weighted by atomic mass is 32.1. The highest BCUT2D eigenvalue weighted by Crippen LogP contribution is 2.41. The fourth-order valence-electron chi connectivity index (χ4n) is 3.53. The standard InChI is InChI=1S/C23H21N5O3S/c1-2-21(29)28(20-7-3-4-10-26-20)22-18(12-24)17-8-11-27(14-19(17)32-22)23(30)31-15-16-6-5-9-25-13-16/h3-7,9-10,13H,2,8,11,14-15H2,1H3. The van der Waals surface area contributed by atoms with E-state index in [4.69, 9.17) is 4.74 Å². The number of nitriles is 1. The number of aromatic nitrogens is 2. The van der Waals surface area contributed by atoms with Crippen molar-refractivity contribution in [3.05, 3.63) is 70.5 Å². The molecule has 1 aliphatic heterocycles. The van der Waals surface area contributed by atoms with Crippen molar-refractivity contribution in [3.63, 3.8) is 0 Å². The molecule has 0 unspecified atom stereocenters. The maximum Gasteiger partial charge on any atom is 0.410 e. The molecule has 4 rings (SSSR count). The zero-order chi connectivity index (χ0) is 22.5. The molecule has 4 heterocycles. The number of ether oxygens (including phenoxy) is 1. The smallest absolute Gasteiger partial charge is 0.410 e. The van der Waals surface area contributed by atoms with Gasteiger partial charge in [0.1, 0.15) is 23.5 Å². The Morgan fingerprint density at radius 3 is 2.84 bits per heavy atom. The largest absolute Gasteiger partial charge is 0.444 e. The van der Waals surface area contributed by atoms with Crippen LogP contribution in [0.5, 0.6) is 0 Å². The Hall–Kier alpha value is -3.77. The summed E-state index contributed by atoms with van der Waals surface area (Å²) in [6.45, 7) is 2.69. The third-order valence-electron chi connectivity index (χ3n) is 5.13. The molecule has 0 saturated heterocycles. The third kappa shape index (κ3) is 4.31. The second-order valence-electron chi connectivity index (χ2n) is 7.15. The molecule has 3 aromatic rings. The van der Waals surface area contributed by atoms with Gasteiger partial charge >= 0.3 is 6.09 Å². The van der Waals surface area contributed by atoms with E-state index in [1.807, 2.05) is 6.07 Å². The molecule has 2 amide bonds. The minimum absolute atomic E-state index is 0.146. The van der Waals surface area contributed by atoms with Gasteiger partial charge in [0, 0.05) is 42.0 Å². The highest BCUT2D eigenvalue weighted by Gasteiger charge is 2.31. The van der Waals surface area contributed by atoms with E-state index in [1.54, 1.807) is 54.7 Å². The zero-order valence-corrected chi connectivity index (χ0v) is 18.3. The molecule has 0 N–H and O–H groups in total. The van der Waals surface area contributed by atoms with Gasteiger partial charge in [-0.05, 0) is 30.2 Å². The van der Waals surface area contributed by atoms with Gasteiger partial charge in [0.25, 0.3) is 0 Å². The van der Waals surface area contributed by atoms with Gasteiger partial charge in [0.05, 0.1) is 12.1 Å². The number of amides is 2. The van der Waals surface area contributed by atoms with Crippen molar-refractivity contribution in [1.82, 2.24) is 14.9 Å². The van der Waals surface area contributed by atoms with Crippen LogP contribution in [0.15, 0.2) is 48.9 Å². The SMILES string of the molecule is CCC(=O)N(c1ccccn1)c1sc2c(c1C#N)CCN(C(=O)OCc1cccnc1)C2. The first kappa shape index (κ1) is 21.5. The van der Waals surface area contributed by atoms with Crippen LogP contribution in [0.3, 0.4) is 0 Å². The van der Waals surface area contributed by atoms with E-state index < -0.39 is 6.09 Å². The summed E-state index contributed by atoms with van der Waals surface area (Å²) < 4.78 is 5.43. The first-order chi connectivity index (χ1) is 15.6. The molecule has 1 aliphatic rings. The number of hydrogen-bond acceptors (Lipinski definition) is 7. The first-order valence-electron chi connectivity index (χ1n) is 10.2. The molecule has 32 heavy (non-hydrogen) atoms. The minimum Gasteiger partial charge on any atom is -0.444 e. The number of anilines is 2. The lowest BCUT2D eigenvalue weighted by atomic mass is 10.0. The Morgan fingerprint density at radius 1 is 1.28 bits per heavy atom. The molecular formula is C23H21N5O3S. The van der Waals surface area contributed by atoms with Crippen LogP contribution in [0.2, 0.25) is 0 Å². The number of carbonyl (C=O) groups is 2. The normalized spacial score (nSPS) is 12.6. The van der Waals surface area contributed by atoms with Crippen LogP contribution in [0.1, 0.15) is 34.9 Å². The van der Waals surface area contributed by atoms with E-state index in [-0.39, 0.29) is 18.9 Å². The average Bonchev–Trinajstić information content (AvgIpc) is 3.21. The van der Waals surface area contributed by atoms with Crippen LogP contribution < -0.4 is 4.90 Å². The maximum atomic E-state index is 12.8. The number of thiophene rings is 1. The Balaban J connectivity index is 1.58. The van der Waals surface area contributed by atoms with Crippen molar-refractivity contribution < 1.29 is 14.3 Å². The zero-order valence-electron chi connectivity index (χ0n) is 17.5. The fourth-order valence-corrected chi connectivity index (χ4v) is 4.87. The summed E-state index contributed by atoms with van der Waals surface area (Å²) in [4.78, 5) is 37.7. The van der Waals surface area contributed by atoms with E-state index in [9.17, 15) is 14.9 Å². The lowest BCUT2D eigenvalue weighted by Crippen LogP contribution is -2.35. The number of nitrogens with zero attached hydrogens (tertiary/aromatic N) is 5. The van der Waals surface area contributed by atoms with Gasteiger partial charge in [0.15, 0.2) is 0 Å². The number of pyridine rings is 2. The van der Waals surface area contributed by atoms with Crippen molar-refractivity contribution in [2.45, 2.75) is 32.9 Å². The van der Waals surface area contributed by atoms with E-state index in [2.05, 4.69) is 16.0 Å². The number of fused-ring (bicyclic) bond motifs is 1. The molecule has 0 spiro atoms. The van der Waals surface area contributed by atoms with Crippen LogP contribution in [0.4, 0.5) is 15.6 Å². The van der Waals surface area contributed by atoms with Crippen LogP contribution in [0.25, 0.3) is 0 Å². The van der Waals surface area contributed by atoms with Crippen molar-refractivity contribution >= 4 is 34.2 Å². The first-order valence-corrected chi connectivity index (χ1v) is 11.0. The minimum atomic E-state index is -0.417. The predicted octanol–water partition coefficient (Wildman–Crippen LogP) is 4.18. The van der Waals surface area contributed by atoms with Crippen molar-refractivity contribution in [2.75, 3.05) is 11.4 Å². The van der Waals surface area contributed by atoms with Gasteiger partial charge in [0.2, 0.25) is 5.91 Å². The van der Waals surface area contributed by atoms with Gasteiger partial charge in [-0.15, -0.1) is 11.3 Å². The van der Waals surface area contributed by atoms with Crippen LogP contribution in [-0.2, 0) is 29.1 Å². The van der Waals surface area contributed by atoms with Crippen molar-refractivity contribution in [3.8, 4) is 6.07 Å². The van der Waals surface area contributed by atoms with E-state index in [0.29, 0.717) is 35.9 Å². The van der Waals surface area contributed by atoms with Crippen molar-refractivity contribution in [1.29, 1.82) is 5.26 Å². The van der Waals surface area contributed by atoms with E-state index >= 15 is 0 Å². The Morgan fingerprint density at radius 2 is 2.16 bits per heavy atom. The molecule has 8 nitrogen and oxygen atoms in total. The quantitative estimate of drug-likeness (QED) is 0.582. The summed E-state index contributed by atoms with van der Waals surface area (Å²) in [5.74, 6) is 0.328. The number of hydrogen-bond donors (Lipinski definition) is 0. The van der Waals surface area contributed by atoms with Gasteiger partial charge in [-0.3, -0.25) is 14.7 Å². The summed E-state index contributed by atoms with van der Waals surface area (Å²) >= 11 is 1.35. The lowest BCUT2D eigenvalue weighted by molar-refractivity contribution is -0.117. The molecule has 3 aromatic heterocycles. The molecule has 0 aromatic carbocycles. The monoisotopic (exact) mass is 447 g/mol. The number of rotatable bonds is 5. The second-order valence-corrected chi connectivity index (χ2v) is 8.24. The van der Waals surface area contributed by atoms with Crippen LogP contribution in [-0.4, -0.2) is 33.4 Å². The molecule has 0 fully saturated rings. The molecular weight excluding hydrogens is 426 g/mol. The molecule has 9 heteroatoms. The van der Waals surface area contributed by atoms with Gasteiger partial charge in [-0.2, -0.15) is 5.26 Å². The topological polar surface area (TPSA) is 99.4 Å². The van der Waals surface area contributed by atoms with E-state index in [1.165, 1.54) is 16.2 Å². The van der Waals surface area contributed by atoms with Gasteiger partial charge in [-0.25, -0.2) is 9.78 Å².